The van der Waals surface area contributed by atoms with Gasteiger partial charge in [0, 0.05) is 13.2 Å². The van der Waals surface area contributed by atoms with E-state index in [1.54, 1.807) is 0 Å². The number of aliphatic hydroxyl groups excluding tert-OH is 1. The number of hydrogen-bond acceptors (Lipinski definition) is 4. The van der Waals surface area contributed by atoms with Crippen molar-refractivity contribution in [1.82, 2.24) is 0 Å². The second-order valence-electron chi connectivity index (χ2n) is 3.30. The third-order valence-electron chi connectivity index (χ3n) is 2.39. The minimum atomic E-state index is -0.429. The normalized spacial score (nSPS) is 29.4. The van der Waals surface area contributed by atoms with Crippen LogP contribution in [0, 0.1) is 5.92 Å². The Morgan fingerprint density at radius 1 is 1.54 bits per heavy atom. The molecule has 1 aliphatic heterocycles. The molecule has 1 aliphatic rings. The van der Waals surface area contributed by atoms with Gasteiger partial charge in [-0.1, -0.05) is 0 Å². The summed E-state index contributed by atoms with van der Waals surface area (Å²) in [5.41, 5.74) is 0. The van der Waals surface area contributed by atoms with Gasteiger partial charge >= 0.3 is 5.97 Å². The molecule has 0 aromatic rings. The summed E-state index contributed by atoms with van der Waals surface area (Å²) in [7, 11) is 1.36. The van der Waals surface area contributed by atoms with Crippen LogP contribution in [-0.2, 0) is 14.3 Å². The molecule has 0 amide bonds. The average molecular weight is 188 g/mol. The van der Waals surface area contributed by atoms with Crippen molar-refractivity contribution < 1.29 is 19.4 Å². The first-order valence-electron chi connectivity index (χ1n) is 4.56. The number of carbonyl (C=O) groups is 1. The highest BCUT2D eigenvalue weighted by Gasteiger charge is 2.24. The fourth-order valence-corrected chi connectivity index (χ4v) is 1.50. The number of aliphatic hydroxyl groups is 1. The van der Waals surface area contributed by atoms with E-state index >= 15 is 0 Å². The lowest BCUT2D eigenvalue weighted by Gasteiger charge is -2.17. The van der Waals surface area contributed by atoms with Crippen molar-refractivity contribution in [3.8, 4) is 0 Å². The molecule has 1 fully saturated rings. The summed E-state index contributed by atoms with van der Waals surface area (Å²) in [6.07, 6.45) is 1.21. The molecule has 0 radical (unpaired) electrons. The predicted molar refractivity (Wildman–Crippen MR) is 46.2 cm³/mol. The fraction of sp³-hybridized carbons (Fsp3) is 0.889. The van der Waals surface area contributed by atoms with Crippen LogP contribution >= 0.6 is 0 Å². The van der Waals surface area contributed by atoms with Crippen LogP contribution in [0.25, 0.3) is 0 Å². The summed E-state index contributed by atoms with van der Waals surface area (Å²) in [4.78, 5) is 11.0. The highest BCUT2D eigenvalue weighted by Crippen LogP contribution is 2.20. The number of methoxy groups -OCH3 is 1. The maximum absolute atomic E-state index is 11.0. The molecule has 13 heavy (non-hydrogen) atoms. The standard InChI is InChI=1S/C9H16O4/c1-12-9(11)6-7-2-4-13-5-3-8(7)10/h7-8,10H,2-6H2,1H3/t7-,8+/m1/s1. The van der Waals surface area contributed by atoms with Crippen LogP contribution in [0.4, 0.5) is 0 Å². The first kappa shape index (κ1) is 10.5. The van der Waals surface area contributed by atoms with E-state index in [2.05, 4.69) is 4.74 Å². The minimum absolute atomic E-state index is 0.00468. The summed E-state index contributed by atoms with van der Waals surface area (Å²) in [5.74, 6) is -0.263. The molecule has 0 unspecified atom stereocenters. The number of ether oxygens (including phenoxy) is 2. The Bertz CT molecular complexity index is 169. The zero-order valence-electron chi connectivity index (χ0n) is 7.86. The Morgan fingerprint density at radius 3 is 2.92 bits per heavy atom. The molecule has 0 saturated carbocycles. The summed E-state index contributed by atoms with van der Waals surface area (Å²) >= 11 is 0. The third-order valence-corrected chi connectivity index (χ3v) is 2.39. The monoisotopic (exact) mass is 188 g/mol. The number of rotatable bonds is 2. The Labute approximate surface area is 77.8 Å². The van der Waals surface area contributed by atoms with E-state index in [1.807, 2.05) is 0 Å². The summed E-state index contributed by atoms with van der Waals surface area (Å²) in [6, 6.07) is 0. The molecule has 1 saturated heterocycles. The van der Waals surface area contributed by atoms with Crippen molar-refractivity contribution in [2.45, 2.75) is 25.4 Å². The van der Waals surface area contributed by atoms with Crippen LogP contribution in [0.1, 0.15) is 19.3 Å². The van der Waals surface area contributed by atoms with Crippen LogP contribution in [0.15, 0.2) is 0 Å². The van der Waals surface area contributed by atoms with E-state index in [-0.39, 0.29) is 11.9 Å². The van der Waals surface area contributed by atoms with E-state index in [1.165, 1.54) is 7.11 Å². The number of hydrogen-bond donors (Lipinski definition) is 1. The minimum Gasteiger partial charge on any atom is -0.469 e. The molecule has 1 rings (SSSR count). The second kappa shape index (κ2) is 5.19. The van der Waals surface area contributed by atoms with Crippen LogP contribution in [-0.4, -0.2) is 37.5 Å². The van der Waals surface area contributed by atoms with Gasteiger partial charge in [-0.05, 0) is 18.8 Å². The van der Waals surface area contributed by atoms with Crippen molar-refractivity contribution >= 4 is 5.97 Å². The van der Waals surface area contributed by atoms with Gasteiger partial charge in [-0.2, -0.15) is 0 Å². The van der Waals surface area contributed by atoms with Gasteiger partial charge < -0.3 is 14.6 Å². The van der Waals surface area contributed by atoms with Gasteiger partial charge in [0.2, 0.25) is 0 Å². The molecule has 0 aromatic carbocycles. The molecule has 0 aliphatic carbocycles. The van der Waals surface area contributed by atoms with Crippen molar-refractivity contribution in [2.75, 3.05) is 20.3 Å². The zero-order valence-corrected chi connectivity index (χ0v) is 7.86. The van der Waals surface area contributed by atoms with Gasteiger partial charge in [-0.3, -0.25) is 4.79 Å². The SMILES string of the molecule is COC(=O)C[C@H]1CCOCC[C@@H]1O. The van der Waals surface area contributed by atoms with Crippen molar-refractivity contribution in [3.63, 3.8) is 0 Å². The predicted octanol–water partition coefficient (Wildman–Crippen LogP) is 0.337. The number of esters is 1. The smallest absolute Gasteiger partial charge is 0.305 e. The lowest BCUT2D eigenvalue weighted by Crippen LogP contribution is -2.23. The lowest BCUT2D eigenvalue weighted by molar-refractivity contribution is -0.142. The molecule has 0 aromatic heterocycles. The van der Waals surface area contributed by atoms with E-state index in [0.717, 1.165) is 6.42 Å². The first-order chi connectivity index (χ1) is 6.24. The van der Waals surface area contributed by atoms with Crippen LogP contribution < -0.4 is 0 Å². The van der Waals surface area contributed by atoms with E-state index in [9.17, 15) is 9.90 Å². The highest BCUT2D eigenvalue weighted by atomic mass is 16.5. The molecular weight excluding hydrogens is 172 g/mol. The molecule has 1 N–H and O–H groups in total. The quantitative estimate of drug-likeness (QED) is 0.635. The summed E-state index contributed by atoms with van der Waals surface area (Å²) in [6.45, 7) is 1.21. The Morgan fingerprint density at radius 2 is 2.23 bits per heavy atom. The van der Waals surface area contributed by atoms with Gasteiger partial charge in [-0.15, -0.1) is 0 Å². The van der Waals surface area contributed by atoms with Crippen LogP contribution in [0.5, 0.6) is 0 Å². The Balaban J connectivity index is 2.40. The third kappa shape index (κ3) is 3.32. The molecule has 2 atom stereocenters. The van der Waals surface area contributed by atoms with Gasteiger partial charge in [0.05, 0.1) is 19.6 Å². The molecular formula is C9H16O4. The fourth-order valence-electron chi connectivity index (χ4n) is 1.50. The van der Waals surface area contributed by atoms with Crippen molar-refractivity contribution in [2.24, 2.45) is 5.92 Å². The van der Waals surface area contributed by atoms with Crippen molar-refractivity contribution in [3.05, 3.63) is 0 Å². The molecule has 1 heterocycles. The second-order valence-corrected chi connectivity index (χ2v) is 3.30. The zero-order chi connectivity index (χ0) is 9.68. The molecule has 0 bridgehead atoms. The van der Waals surface area contributed by atoms with E-state index in [4.69, 9.17) is 4.74 Å². The number of carbonyl (C=O) groups excluding carboxylic acids is 1. The Kier molecular flexibility index (Phi) is 4.18. The molecule has 4 nitrogen and oxygen atoms in total. The first-order valence-corrected chi connectivity index (χ1v) is 4.56. The maximum atomic E-state index is 11.0. The molecule has 4 heteroatoms. The van der Waals surface area contributed by atoms with Gasteiger partial charge in [0.25, 0.3) is 0 Å². The summed E-state index contributed by atoms with van der Waals surface area (Å²) in [5, 5.41) is 9.61. The van der Waals surface area contributed by atoms with Gasteiger partial charge in [-0.25, -0.2) is 0 Å². The van der Waals surface area contributed by atoms with Crippen LogP contribution in [0.2, 0.25) is 0 Å². The highest BCUT2D eigenvalue weighted by molar-refractivity contribution is 5.69. The maximum Gasteiger partial charge on any atom is 0.305 e. The molecule has 76 valence electrons. The van der Waals surface area contributed by atoms with Crippen LogP contribution in [0.3, 0.4) is 0 Å². The largest absolute Gasteiger partial charge is 0.469 e. The topological polar surface area (TPSA) is 55.8 Å². The van der Waals surface area contributed by atoms with Gasteiger partial charge in [0.15, 0.2) is 0 Å². The van der Waals surface area contributed by atoms with Crippen molar-refractivity contribution in [1.29, 1.82) is 0 Å². The van der Waals surface area contributed by atoms with Gasteiger partial charge in [0.1, 0.15) is 0 Å². The lowest BCUT2D eigenvalue weighted by atomic mass is 9.94. The molecule has 0 spiro atoms. The Hall–Kier alpha value is -0.610. The van der Waals surface area contributed by atoms with E-state index in [0.29, 0.717) is 26.1 Å². The van der Waals surface area contributed by atoms with E-state index < -0.39 is 6.10 Å². The average Bonchev–Trinajstić information content (AvgIpc) is 2.32. The summed E-state index contributed by atoms with van der Waals surface area (Å²) < 4.78 is 9.75.